The number of aromatic amines is 1. The van der Waals surface area contributed by atoms with Crippen LogP contribution in [0.15, 0.2) is 52.1 Å². The number of thioether (sulfide) groups is 1. The van der Waals surface area contributed by atoms with Gasteiger partial charge in [-0.3, -0.25) is 9.89 Å². The molecule has 1 amide bonds. The Bertz CT molecular complexity index is 1230. The molecule has 4 aromatic rings. The number of carbonyl (C=O) groups excluding carboxylic acids is 1. The van der Waals surface area contributed by atoms with Crippen LogP contribution in [0.25, 0.3) is 11.4 Å². The van der Waals surface area contributed by atoms with Crippen molar-refractivity contribution < 1.29 is 18.1 Å². The van der Waals surface area contributed by atoms with Crippen LogP contribution in [-0.4, -0.2) is 31.2 Å². The van der Waals surface area contributed by atoms with E-state index in [1.807, 2.05) is 18.2 Å². The second kappa shape index (κ2) is 9.88. The molecule has 0 aliphatic carbocycles. The highest BCUT2D eigenvalue weighted by Gasteiger charge is 2.15. The zero-order valence-electron chi connectivity index (χ0n) is 16.3. The van der Waals surface area contributed by atoms with Gasteiger partial charge in [-0.05, 0) is 24.3 Å². The number of nitrogens with one attached hydrogen (secondary N) is 2. The molecule has 2 aromatic carbocycles. The van der Waals surface area contributed by atoms with Gasteiger partial charge in [0.15, 0.2) is 11.6 Å². The Morgan fingerprint density at radius 3 is 2.69 bits per heavy atom. The van der Waals surface area contributed by atoms with Crippen LogP contribution in [0.5, 0.6) is 0 Å². The van der Waals surface area contributed by atoms with Crippen LogP contribution in [0.2, 0.25) is 5.02 Å². The van der Waals surface area contributed by atoms with Gasteiger partial charge in [-0.25, -0.2) is 13.8 Å². The molecule has 32 heavy (non-hydrogen) atoms. The first-order valence-electron chi connectivity index (χ1n) is 9.35. The Morgan fingerprint density at radius 2 is 1.91 bits per heavy atom. The number of hydrogen-bond donors (Lipinski definition) is 2. The first-order valence-corrected chi connectivity index (χ1v) is 10.7. The number of rotatable bonds is 8. The van der Waals surface area contributed by atoms with Crippen LogP contribution >= 0.6 is 23.4 Å². The zero-order valence-corrected chi connectivity index (χ0v) is 17.9. The largest absolute Gasteiger partial charge is 0.339 e. The van der Waals surface area contributed by atoms with Crippen molar-refractivity contribution in [3.05, 3.63) is 70.8 Å². The van der Waals surface area contributed by atoms with Gasteiger partial charge in [0.1, 0.15) is 17.3 Å². The molecular weight excluding hydrogens is 462 g/mol. The Kier molecular flexibility index (Phi) is 6.76. The highest BCUT2D eigenvalue weighted by Crippen LogP contribution is 2.26. The van der Waals surface area contributed by atoms with E-state index in [1.54, 1.807) is 6.07 Å². The van der Waals surface area contributed by atoms with E-state index in [9.17, 15) is 13.6 Å². The third kappa shape index (κ3) is 5.29. The fraction of sp³-hybridized carbons (Fsp3) is 0.150. The molecule has 0 saturated carbocycles. The van der Waals surface area contributed by atoms with Crippen molar-refractivity contribution in [3.63, 3.8) is 0 Å². The molecule has 0 bridgehead atoms. The predicted molar refractivity (Wildman–Crippen MR) is 114 cm³/mol. The number of amides is 1. The summed E-state index contributed by atoms with van der Waals surface area (Å²) in [6.07, 6.45) is 0.0432. The molecule has 0 aliphatic rings. The minimum Gasteiger partial charge on any atom is -0.339 e. The van der Waals surface area contributed by atoms with Crippen molar-refractivity contribution in [2.24, 2.45) is 0 Å². The topological polar surface area (TPSA) is 110 Å². The van der Waals surface area contributed by atoms with E-state index in [0.29, 0.717) is 27.6 Å². The maximum Gasteiger partial charge on any atom is 0.227 e. The second-order valence-corrected chi connectivity index (χ2v) is 7.83. The average Bonchev–Trinajstić information content (AvgIpc) is 3.43. The smallest absolute Gasteiger partial charge is 0.227 e. The summed E-state index contributed by atoms with van der Waals surface area (Å²) in [6, 6.07) is 10.6. The van der Waals surface area contributed by atoms with E-state index in [-0.39, 0.29) is 18.7 Å². The van der Waals surface area contributed by atoms with Gasteiger partial charge in [-0.2, -0.15) is 4.98 Å². The molecule has 0 atom stereocenters. The van der Waals surface area contributed by atoms with Crippen LogP contribution in [0.4, 0.5) is 14.5 Å². The van der Waals surface area contributed by atoms with Crippen LogP contribution in [0.1, 0.15) is 18.1 Å². The quantitative estimate of drug-likeness (QED) is 0.356. The van der Waals surface area contributed by atoms with E-state index < -0.39 is 23.2 Å². The molecule has 0 radical (unpaired) electrons. The van der Waals surface area contributed by atoms with Gasteiger partial charge in [0.05, 0.1) is 10.8 Å². The first kappa shape index (κ1) is 21.9. The van der Waals surface area contributed by atoms with Crippen molar-refractivity contribution in [3.8, 4) is 11.4 Å². The molecule has 2 heterocycles. The number of anilines is 1. The minimum absolute atomic E-state index is 0.0787. The van der Waals surface area contributed by atoms with Gasteiger partial charge >= 0.3 is 0 Å². The number of benzene rings is 2. The fourth-order valence-electron chi connectivity index (χ4n) is 2.70. The predicted octanol–water partition coefficient (Wildman–Crippen LogP) is 4.65. The Balaban J connectivity index is 1.28. The highest BCUT2D eigenvalue weighted by molar-refractivity contribution is 7.98. The average molecular weight is 477 g/mol. The Morgan fingerprint density at radius 1 is 1.12 bits per heavy atom. The van der Waals surface area contributed by atoms with Gasteiger partial charge in [0.2, 0.25) is 17.0 Å². The van der Waals surface area contributed by atoms with Crippen molar-refractivity contribution in [2.45, 2.75) is 23.8 Å². The lowest BCUT2D eigenvalue weighted by Crippen LogP contribution is -2.14. The molecule has 2 aromatic heterocycles. The van der Waals surface area contributed by atoms with Crippen LogP contribution in [-0.2, 0) is 17.0 Å². The monoisotopic (exact) mass is 476 g/mol. The fourth-order valence-corrected chi connectivity index (χ4v) is 3.57. The SMILES string of the molecule is O=C(CCc1nc(CSc2n[nH]c(-c3ccccc3Cl)n2)no1)Nc1c(F)cccc1F. The molecule has 0 spiro atoms. The van der Waals surface area contributed by atoms with Gasteiger partial charge in [0.25, 0.3) is 0 Å². The lowest BCUT2D eigenvalue weighted by molar-refractivity contribution is -0.116. The van der Waals surface area contributed by atoms with Crippen LogP contribution < -0.4 is 5.32 Å². The second-order valence-electron chi connectivity index (χ2n) is 6.48. The number of para-hydroxylation sites is 1. The first-order chi connectivity index (χ1) is 15.5. The number of aromatic nitrogens is 5. The van der Waals surface area contributed by atoms with Crippen LogP contribution in [0, 0.1) is 11.6 Å². The maximum atomic E-state index is 13.6. The number of carbonyl (C=O) groups is 1. The highest BCUT2D eigenvalue weighted by atomic mass is 35.5. The molecule has 0 aliphatic heterocycles. The summed E-state index contributed by atoms with van der Waals surface area (Å²) in [4.78, 5) is 20.6. The van der Waals surface area contributed by atoms with Gasteiger partial charge in [-0.15, -0.1) is 5.10 Å². The third-order valence-corrected chi connectivity index (χ3v) is 5.40. The Hall–Kier alpha value is -3.31. The summed E-state index contributed by atoms with van der Waals surface area (Å²) in [5.74, 6) is -0.748. The molecule has 164 valence electrons. The molecule has 2 N–H and O–H groups in total. The van der Waals surface area contributed by atoms with Crippen LogP contribution in [0.3, 0.4) is 0 Å². The number of H-pyrrole nitrogens is 1. The summed E-state index contributed by atoms with van der Waals surface area (Å²) in [5.41, 5.74) is 0.256. The number of hydrogen-bond acceptors (Lipinski definition) is 7. The van der Waals surface area contributed by atoms with E-state index in [0.717, 1.165) is 17.7 Å². The van der Waals surface area contributed by atoms with Crippen molar-refractivity contribution >= 4 is 35.0 Å². The molecule has 8 nitrogen and oxygen atoms in total. The van der Waals surface area contributed by atoms with Gasteiger partial charge < -0.3 is 9.84 Å². The maximum absolute atomic E-state index is 13.6. The van der Waals surface area contributed by atoms with Crippen molar-refractivity contribution in [1.29, 1.82) is 0 Å². The summed E-state index contributed by atoms with van der Waals surface area (Å²) in [5, 5.41) is 14.1. The molecule has 0 unspecified atom stereocenters. The Labute approximate surface area is 189 Å². The summed E-state index contributed by atoms with van der Waals surface area (Å²) in [6.45, 7) is 0. The van der Waals surface area contributed by atoms with E-state index in [4.69, 9.17) is 16.1 Å². The molecule has 4 rings (SSSR count). The normalized spacial score (nSPS) is 11.0. The minimum atomic E-state index is -0.847. The number of aryl methyl sites for hydroxylation is 1. The van der Waals surface area contributed by atoms with Crippen molar-refractivity contribution in [2.75, 3.05) is 5.32 Å². The molecular formula is C20H15ClF2N6O2S. The molecule has 0 fully saturated rings. The number of nitrogens with zero attached hydrogens (tertiary/aromatic N) is 4. The zero-order chi connectivity index (χ0) is 22.5. The van der Waals surface area contributed by atoms with Gasteiger partial charge in [-0.1, -0.05) is 46.7 Å². The standard InChI is InChI=1S/C20H15ClF2N6O2S/c21-12-5-2-1-4-11(12)19-26-20(28-27-19)32-10-15-24-17(31-29-15)9-8-16(30)25-18-13(22)6-3-7-14(18)23/h1-7H,8-10H2,(H,25,30)(H,26,27,28). The third-order valence-electron chi connectivity index (χ3n) is 4.23. The van der Waals surface area contributed by atoms with Gasteiger partial charge in [0, 0.05) is 18.4 Å². The molecule has 0 saturated heterocycles. The van der Waals surface area contributed by atoms with E-state index >= 15 is 0 Å². The van der Waals surface area contributed by atoms with E-state index in [2.05, 4.69) is 30.6 Å². The number of halogens is 3. The van der Waals surface area contributed by atoms with E-state index in [1.165, 1.54) is 17.8 Å². The lowest BCUT2D eigenvalue weighted by atomic mass is 10.2. The summed E-state index contributed by atoms with van der Waals surface area (Å²) < 4.78 is 32.3. The summed E-state index contributed by atoms with van der Waals surface area (Å²) in [7, 11) is 0. The lowest BCUT2D eigenvalue weighted by Gasteiger charge is -2.06. The summed E-state index contributed by atoms with van der Waals surface area (Å²) >= 11 is 7.46. The molecule has 12 heteroatoms. The van der Waals surface area contributed by atoms with Crippen molar-refractivity contribution in [1.82, 2.24) is 25.3 Å².